The molecule has 23 heavy (non-hydrogen) atoms. The second-order valence-corrected chi connectivity index (χ2v) is 6.59. The first-order chi connectivity index (χ1) is 10.8. The first-order valence-electron chi connectivity index (χ1n) is 7.51. The molecule has 2 amide bonds. The van der Waals surface area contributed by atoms with Crippen LogP contribution in [0.15, 0.2) is 18.2 Å². The summed E-state index contributed by atoms with van der Waals surface area (Å²) >= 11 is 0. The molecule has 1 unspecified atom stereocenters. The first-order valence-corrected chi connectivity index (χ1v) is 7.51. The van der Waals surface area contributed by atoms with Gasteiger partial charge in [-0.3, -0.25) is 4.79 Å². The molecule has 2 heterocycles. The minimum atomic E-state index is -0.566. The van der Waals surface area contributed by atoms with E-state index in [0.717, 1.165) is 5.69 Å². The van der Waals surface area contributed by atoms with E-state index in [1.165, 1.54) is 0 Å². The summed E-state index contributed by atoms with van der Waals surface area (Å²) < 4.78 is 15.8. The van der Waals surface area contributed by atoms with Crippen molar-refractivity contribution in [2.75, 3.05) is 18.2 Å². The number of alkyl carbamates (subject to hydrolysis) is 1. The molecular weight excluding hydrogens is 300 g/mol. The number of carbonyl (C=O) groups excluding carboxylic acids is 2. The third-order valence-corrected chi connectivity index (χ3v) is 3.51. The molecule has 0 bridgehead atoms. The minimum absolute atomic E-state index is 0.0510. The fourth-order valence-electron chi connectivity index (χ4n) is 2.58. The predicted molar refractivity (Wildman–Crippen MR) is 82.7 cm³/mol. The molecule has 2 aliphatic rings. The van der Waals surface area contributed by atoms with Crippen LogP contribution in [0.5, 0.6) is 11.5 Å². The average Bonchev–Trinajstić information content (AvgIpc) is 3.01. The Bertz CT molecular complexity index is 638. The zero-order valence-electron chi connectivity index (χ0n) is 13.4. The number of hydrogen-bond acceptors (Lipinski definition) is 5. The van der Waals surface area contributed by atoms with Gasteiger partial charge in [0.1, 0.15) is 5.60 Å². The Labute approximate surface area is 134 Å². The average molecular weight is 320 g/mol. The first kappa shape index (κ1) is 15.5. The SMILES string of the molecule is CC(C)(C)OC(=O)NC1CC(=O)N(c2ccc3c(c2)OCO3)C1. The lowest BCUT2D eigenvalue weighted by molar-refractivity contribution is -0.117. The maximum absolute atomic E-state index is 12.2. The van der Waals surface area contributed by atoms with Crippen molar-refractivity contribution in [3.8, 4) is 11.5 Å². The molecule has 1 N–H and O–H groups in total. The van der Waals surface area contributed by atoms with Gasteiger partial charge in [-0.25, -0.2) is 4.79 Å². The van der Waals surface area contributed by atoms with E-state index in [9.17, 15) is 9.59 Å². The molecule has 1 aromatic rings. The molecule has 1 aromatic carbocycles. The normalized spacial score (nSPS) is 19.9. The zero-order valence-corrected chi connectivity index (χ0v) is 13.4. The molecule has 0 saturated carbocycles. The summed E-state index contributed by atoms with van der Waals surface area (Å²) in [7, 11) is 0. The van der Waals surface area contributed by atoms with Crippen molar-refractivity contribution < 1.29 is 23.8 Å². The van der Waals surface area contributed by atoms with E-state index in [2.05, 4.69) is 5.32 Å². The van der Waals surface area contributed by atoms with Crippen LogP contribution in [0, 0.1) is 0 Å². The highest BCUT2D eigenvalue weighted by atomic mass is 16.7. The van der Waals surface area contributed by atoms with Crippen LogP contribution >= 0.6 is 0 Å². The van der Waals surface area contributed by atoms with Gasteiger partial charge in [-0.2, -0.15) is 0 Å². The number of nitrogens with zero attached hydrogens (tertiary/aromatic N) is 1. The quantitative estimate of drug-likeness (QED) is 0.902. The van der Waals surface area contributed by atoms with E-state index >= 15 is 0 Å². The van der Waals surface area contributed by atoms with E-state index < -0.39 is 11.7 Å². The molecule has 7 heteroatoms. The highest BCUT2D eigenvalue weighted by molar-refractivity contribution is 5.97. The Morgan fingerprint density at radius 2 is 2.04 bits per heavy atom. The van der Waals surface area contributed by atoms with Crippen molar-refractivity contribution in [3.05, 3.63) is 18.2 Å². The molecule has 0 spiro atoms. The number of nitrogens with one attached hydrogen (secondary N) is 1. The van der Waals surface area contributed by atoms with Gasteiger partial charge in [0.25, 0.3) is 0 Å². The lowest BCUT2D eigenvalue weighted by atomic mass is 10.2. The Morgan fingerprint density at radius 3 is 2.78 bits per heavy atom. The smallest absolute Gasteiger partial charge is 0.407 e. The molecule has 1 saturated heterocycles. The summed E-state index contributed by atoms with van der Waals surface area (Å²) in [5.74, 6) is 1.24. The number of carbonyl (C=O) groups is 2. The van der Waals surface area contributed by atoms with Crippen LogP contribution in [0.2, 0.25) is 0 Å². The Kier molecular flexibility index (Phi) is 3.79. The molecular formula is C16H20N2O5. The van der Waals surface area contributed by atoms with E-state index in [-0.39, 0.29) is 25.2 Å². The van der Waals surface area contributed by atoms with Gasteiger partial charge >= 0.3 is 6.09 Å². The predicted octanol–water partition coefficient (Wildman–Crippen LogP) is 2.05. The number of fused-ring (bicyclic) bond motifs is 1. The third-order valence-electron chi connectivity index (χ3n) is 3.51. The lowest BCUT2D eigenvalue weighted by Gasteiger charge is -2.22. The van der Waals surface area contributed by atoms with Gasteiger partial charge in [-0.15, -0.1) is 0 Å². The van der Waals surface area contributed by atoms with Crippen molar-refractivity contribution in [1.82, 2.24) is 5.32 Å². The number of rotatable bonds is 2. The van der Waals surface area contributed by atoms with Crippen LogP contribution in [0.1, 0.15) is 27.2 Å². The number of benzene rings is 1. The molecule has 2 aliphatic heterocycles. The van der Waals surface area contributed by atoms with Crippen LogP contribution < -0.4 is 19.7 Å². The molecule has 0 aromatic heterocycles. The summed E-state index contributed by atoms with van der Waals surface area (Å²) in [4.78, 5) is 25.7. The summed E-state index contributed by atoms with van der Waals surface area (Å²) in [6, 6.07) is 5.08. The second kappa shape index (κ2) is 5.64. The van der Waals surface area contributed by atoms with E-state index in [4.69, 9.17) is 14.2 Å². The van der Waals surface area contributed by atoms with Gasteiger partial charge in [-0.05, 0) is 32.9 Å². The van der Waals surface area contributed by atoms with E-state index in [0.29, 0.717) is 18.0 Å². The fourth-order valence-corrected chi connectivity index (χ4v) is 2.58. The molecule has 1 fully saturated rings. The van der Waals surface area contributed by atoms with Crippen molar-refractivity contribution >= 4 is 17.7 Å². The van der Waals surface area contributed by atoms with Gasteiger partial charge in [-0.1, -0.05) is 0 Å². The second-order valence-electron chi connectivity index (χ2n) is 6.59. The van der Waals surface area contributed by atoms with Crippen LogP contribution in [-0.4, -0.2) is 37.0 Å². The standard InChI is InChI=1S/C16H20N2O5/c1-16(2,3)23-15(20)17-10-6-14(19)18(8-10)11-4-5-12-13(7-11)22-9-21-12/h4-5,7,10H,6,8-9H2,1-3H3,(H,17,20). The van der Waals surface area contributed by atoms with Gasteiger partial charge < -0.3 is 24.4 Å². The topological polar surface area (TPSA) is 77.1 Å². The summed E-state index contributed by atoms with van der Waals surface area (Å²) in [6.45, 7) is 5.98. The molecule has 3 rings (SSSR count). The van der Waals surface area contributed by atoms with Crippen molar-refractivity contribution in [1.29, 1.82) is 0 Å². The molecule has 0 radical (unpaired) electrons. The third kappa shape index (κ3) is 3.49. The van der Waals surface area contributed by atoms with Crippen LogP contribution in [0.25, 0.3) is 0 Å². The van der Waals surface area contributed by atoms with E-state index in [1.807, 2.05) is 0 Å². The number of hydrogen-bond donors (Lipinski definition) is 1. The molecule has 7 nitrogen and oxygen atoms in total. The molecule has 0 aliphatic carbocycles. The Balaban J connectivity index is 1.65. The molecule has 1 atom stereocenters. The maximum Gasteiger partial charge on any atom is 0.407 e. The van der Waals surface area contributed by atoms with Crippen molar-refractivity contribution in [2.45, 2.75) is 38.8 Å². The van der Waals surface area contributed by atoms with Crippen LogP contribution in [0.3, 0.4) is 0 Å². The van der Waals surface area contributed by atoms with Gasteiger partial charge in [0, 0.05) is 24.7 Å². The largest absolute Gasteiger partial charge is 0.454 e. The highest BCUT2D eigenvalue weighted by Gasteiger charge is 2.33. The fraction of sp³-hybridized carbons (Fsp3) is 0.500. The molecule has 124 valence electrons. The monoisotopic (exact) mass is 320 g/mol. The summed E-state index contributed by atoms with van der Waals surface area (Å²) in [5.41, 5.74) is 0.164. The summed E-state index contributed by atoms with van der Waals surface area (Å²) in [5, 5.41) is 2.74. The van der Waals surface area contributed by atoms with Gasteiger partial charge in [0.15, 0.2) is 11.5 Å². The zero-order chi connectivity index (χ0) is 16.6. The Hall–Kier alpha value is -2.44. The maximum atomic E-state index is 12.2. The van der Waals surface area contributed by atoms with Crippen LogP contribution in [0.4, 0.5) is 10.5 Å². The van der Waals surface area contributed by atoms with Gasteiger partial charge in [0.2, 0.25) is 12.7 Å². The lowest BCUT2D eigenvalue weighted by Crippen LogP contribution is -2.40. The van der Waals surface area contributed by atoms with Crippen molar-refractivity contribution in [3.63, 3.8) is 0 Å². The minimum Gasteiger partial charge on any atom is -0.454 e. The highest BCUT2D eigenvalue weighted by Crippen LogP contribution is 2.36. The summed E-state index contributed by atoms with van der Waals surface area (Å²) in [6.07, 6.45) is -0.268. The van der Waals surface area contributed by atoms with E-state index in [1.54, 1.807) is 43.9 Å². The van der Waals surface area contributed by atoms with Gasteiger partial charge in [0.05, 0.1) is 6.04 Å². The number of anilines is 1. The number of ether oxygens (including phenoxy) is 3. The number of amides is 2. The van der Waals surface area contributed by atoms with Crippen LogP contribution in [-0.2, 0) is 9.53 Å². The Morgan fingerprint density at radius 1 is 1.30 bits per heavy atom. The van der Waals surface area contributed by atoms with Crippen molar-refractivity contribution in [2.24, 2.45) is 0 Å².